The van der Waals surface area contributed by atoms with Crippen molar-refractivity contribution in [2.45, 2.75) is 51.4 Å². The summed E-state index contributed by atoms with van der Waals surface area (Å²) in [6.07, 6.45) is 8.09. The Morgan fingerprint density at radius 3 is 2.96 bits per heavy atom. The first-order valence-electron chi connectivity index (χ1n) is 8.43. The SMILES string of the molecule is O=C(NCCc1nc2c(s1)CCCC2)[C@@H]1CCc2n[nH]nc2C1. The van der Waals surface area contributed by atoms with Crippen molar-refractivity contribution in [1.29, 1.82) is 0 Å². The molecule has 0 saturated carbocycles. The van der Waals surface area contributed by atoms with Crippen LogP contribution in [-0.2, 0) is 36.9 Å². The first kappa shape index (κ1) is 14.8. The second kappa shape index (κ2) is 6.39. The largest absolute Gasteiger partial charge is 0.355 e. The Bertz CT molecular complexity index is 684. The lowest BCUT2D eigenvalue weighted by Crippen LogP contribution is -2.35. The van der Waals surface area contributed by atoms with E-state index in [4.69, 9.17) is 4.98 Å². The van der Waals surface area contributed by atoms with Crippen molar-refractivity contribution in [1.82, 2.24) is 25.7 Å². The molecule has 0 spiro atoms. The van der Waals surface area contributed by atoms with Crippen molar-refractivity contribution >= 4 is 17.2 Å². The third-order valence-corrected chi connectivity index (χ3v) is 5.99. The monoisotopic (exact) mass is 331 g/mol. The van der Waals surface area contributed by atoms with E-state index in [1.54, 1.807) is 0 Å². The van der Waals surface area contributed by atoms with Crippen LogP contribution in [0, 0.1) is 5.92 Å². The highest BCUT2D eigenvalue weighted by atomic mass is 32.1. The molecule has 2 aliphatic carbocycles. The van der Waals surface area contributed by atoms with E-state index in [9.17, 15) is 4.79 Å². The van der Waals surface area contributed by atoms with Crippen LogP contribution in [0.2, 0.25) is 0 Å². The number of thiazole rings is 1. The lowest BCUT2D eigenvalue weighted by molar-refractivity contribution is -0.125. The van der Waals surface area contributed by atoms with Gasteiger partial charge in [-0.1, -0.05) is 0 Å². The summed E-state index contributed by atoms with van der Waals surface area (Å²) in [5.41, 5.74) is 3.26. The number of nitrogens with zero attached hydrogens (tertiary/aromatic N) is 3. The van der Waals surface area contributed by atoms with Crippen molar-refractivity contribution < 1.29 is 4.79 Å². The maximum Gasteiger partial charge on any atom is 0.223 e. The Balaban J connectivity index is 1.28. The van der Waals surface area contributed by atoms with Crippen LogP contribution in [0.4, 0.5) is 0 Å². The number of rotatable bonds is 4. The Morgan fingerprint density at radius 2 is 2.04 bits per heavy atom. The van der Waals surface area contributed by atoms with Gasteiger partial charge in [0.1, 0.15) is 0 Å². The topological polar surface area (TPSA) is 83.6 Å². The minimum atomic E-state index is 0.0251. The predicted molar refractivity (Wildman–Crippen MR) is 87.4 cm³/mol. The molecular weight excluding hydrogens is 310 g/mol. The Hall–Kier alpha value is -1.76. The zero-order valence-electron chi connectivity index (χ0n) is 13.1. The molecule has 0 unspecified atom stereocenters. The highest BCUT2D eigenvalue weighted by Gasteiger charge is 2.27. The van der Waals surface area contributed by atoms with Crippen LogP contribution in [0.25, 0.3) is 0 Å². The van der Waals surface area contributed by atoms with Gasteiger partial charge in [-0.2, -0.15) is 15.4 Å². The van der Waals surface area contributed by atoms with Crippen LogP contribution in [-0.4, -0.2) is 32.8 Å². The molecule has 2 N–H and O–H groups in total. The van der Waals surface area contributed by atoms with Crippen LogP contribution in [0.1, 0.15) is 46.2 Å². The summed E-state index contributed by atoms with van der Waals surface area (Å²) in [7, 11) is 0. The van der Waals surface area contributed by atoms with E-state index in [-0.39, 0.29) is 11.8 Å². The molecule has 1 amide bonds. The van der Waals surface area contributed by atoms with Crippen LogP contribution >= 0.6 is 11.3 Å². The van der Waals surface area contributed by atoms with E-state index in [2.05, 4.69) is 20.7 Å². The Kier molecular flexibility index (Phi) is 4.11. The van der Waals surface area contributed by atoms with Crippen LogP contribution in [0.5, 0.6) is 0 Å². The lowest BCUT2D eigenvalue weighted by atomic mass is 9.89. The first-order valence-corrected chi connectivity index (χ1v) is 9.25. The third-order valence-electron chi connectivity index (χ3n) is 4.77. The molecule has 122 valence electrons. The molecular formula is C16H21N5OS. The van der Waals surface area contributed by atoms with Gasteiger partial charge in [0.15, 0.2) is 0 Å². The molecule has 2 heterocycles. The minimum absolute atomic E-state index is 0.0251. The minimum Gasteiger partial charge on any atom is -0.355 e. The summed E-state index contributed by atoms with van der Waals surface area (Å²) in [6.45, 7) is 0.674. The first-order chi connectivity index (χ1) is 11.3. The smallest absolute Gasteiger partial charge is 0.223 e. The normalized spacial score (nSPS) is 19.9. The summed E-state index contributed by atoms with van der Waals surface area (Å²) in [4.78, 5) is 18.5. The van der Waals surface area contributed by atoms with E-state index in [1.165, 1.54) is 34.8 Å². The third kappa shape index (κ3) is 3.15. The van der Waals surface area contributed by atoms with Crippen molar-refractivity contribution in [3.05, 3.63) is 27.0 Å². The standard InChI is InChI=1S/C16H21N5OS/c22-16(10-5-6-11-13(9-10)20-21-19-11)17-8-7-15-18-12-3-1-2-4-14(12)23-15/h10H,1-9H2,(H,17,22)(H,19,20,21)/t10-/m1/s1. The molecule has 2 aromatic heterocycles. The van der Waals surface area contributed by atoms with Crippen LogP contribution in [0.15, 0.2) is 0 Å². The fourth-order valence-electron chi connectivity index (χ4n) is 3.46. The average molecular weight is 331 g/mol. The van der Waals surface area contributed by atoms with Crippen molar-refractivity contribution in [3.8, 4) is 0 Å². The molecule has 0 radical (unpaired) electrons. The fourth-order valence-corrected chi connectivity index (χ4v) is 4.61. The van der Waals surface area contributed by atoms with Crippen molar-refractivity contribution in [2.75, 3.05) is 6.54 Å². The maximum atomic E-state index is 12.3. The summed E-state index contributed by atoms with van der Waals surface area (Å²) in [5.74, 6) is 0.164. The van der Waals surface area contributed by atoms with Gasteiger partial charge >= 0.3 is 0 Å². The summed E-state index contributed by atoms with van der Waals surface area (Å²) < 4.78 is 0. The number of carbonyl (C=O) groups excluding carboxylic acids is 1. The number of fused-ring (bicyclic) bond motifs is 2. The molecule has 2 aliphatic rings. The molecule has 2 aromatic rings. The molecule has 4 rings (SSSR count). The average Bonchev–Trinajstić information content (AvgIpc) is 3.19. The lowest BCUT2D eigenvalue weighted by Gasteiger charge is -2.19. The van der Waals surface area contributed by atoms with Crippen molar-refractivity contribution in [3.63, 3.8) is 0 Å². The molecule has 6 nitrogen and oxygen atoms in total. The van der Waals surface area contributed by atoms with Crippen molar-refractivity contribution in [2.24, 2.45) is 5.92 Å². The van der Waals surface area contributed by atoms with E-state index in [0.717, 1.165) is 37.1 Å². The van der Waals surface area contributed by atoms with E-state index in [0.29, 0.717) is 13.0 Å². The molecule has 7 heteroatoms. The highest BCUT2D eigenvalue weighted by Crippen LogP contribution is 2.27. The van der Waals surface area contributed by atoms with Gasteiger partial charge in [0, 0.05) is 30.2 Å². The second-order valence-corrected chi connectivity index (χ2v) is 7.55. The summed E-state index contributed by atoms with van der Waals surface area (Å²) in [6, 6.07) is 0. The quantitative estimate of drug-likeness (QED) is 0.891. The van der Waals surface area contributed by atoms with Gasteiger partial charge in [-0.15, -0.1) is 11.3 Å². The molecule has 0 saturated heterocycles. The van der Waals surface area contributed by atoms with Gasteiger partial charge in [-0.25, -0.2) is 4.98 Å². The van der Waals surface area contributed by atoms with Gasteiger partial charge < -0.3 is 5.32 Å². The fraction of sp³-hybridized carbons (Fsp3) is 0.625. The summed E-state index contributed by atoms with van der Waals surface area (Å²) in [5, 5.41) is 15.1. The number of hydrogen-bond donors (Lipinski definition) is 2. The van der Waals surface area contributed by atoms with E-state index < -0.39 is 0 Å². The zero-order chi connectivity index (χ0) is 15.6. The van der Waals surface area contributed by atoms with Crippen LogP contribution < -0.4 is 5.32 Å². The maximum absolute atomic E-state index is 12.3. The number of hydrogen-bond acceptors (Lipinski definition) is 5. The molecule has 0 fully saturated rings. The molecule has 0 aliphatic heterocycles. The number of aromatic amines is 1. The van der Waals surface area contributed by atoms with Gasteiger partial charge in [0.05, 0.1) is 22.1 Å². The summed E-state index contributed by atoms with van der Waals surface area (Å²) >= 11 is 1.83. The Labute approximate surface area is 139 Å². The molecule has 0 bridgehead atoms. The van der Waals surface area contributed by atoms with Crippen LogP contribution in [0.3, 0.4) is 0 Å². The van der Waals surface area contributed by atoms with Gasteiger partial charge in [-0.3, -0.25) is 4.79 Å². The molecule has 0 aromatic carbocycles. The Morgan fingerprint density at radius 1 is 1.17 bits per heavy atom. The predicted octanol–water partition coefficient (Wildman–Crippen LogP) is 1.60. The molecule has 23 heavy (non-hydrogen) atoms. The number of H-pyrrole nitrogens is 1. The number of carbonyl (C=O) groups is 1. The van der Waals surface area contributed by atoms with E-state index in [1.807, 2.05) is 11.3 Å². The van der Waals surface area contributed by atoms with Gasteiger partial charge in [0.25, 0.3) is 0 Å². The zero-order valence-corrected chi connectivity index (χ0v) is 13.9. The number of aromatic nitrogens is 4. The number of nitrogens with one attached hydrogen (secondary N) is 2. The molecule has 1 atom stereocenters. The van der Waals surface area contributed by atoms with Gasteiger partial charge in [0.2, 0.25) is 5.91 Å². The highest BCUT2D eigenvalue weighted by molar-refractivity contribution is 7.11. The second-order valence-electron chi connectivity index (χ2n) is 6.38. The van der Waals surface area contributed by atoms with Gasteiger partial charge in [-0.05, 0) is 38.5 Å². The number of aryl methyl sites for hydroxylation is 3. The number of amides is 1. The van der Waals surface area contributed by atoms with E-state index >= 15 is 0 Å².